The highest BCUT2D eigenvalue weighted by Crippen LogP contribution is 2.64. The number of fused-ring (bicyclic) bond motifs is 1. The predicted molar refractivity (Wildman–Crippen MR) is 87.6 cm³/mol. The van der Waals surface area contributed by atoms with E-state index in [1.807, 2.05) is 19.1 Å². The highest BCUT2D eigenvalue weighted by molar-refractivity contribution is 6.53. The molecule has 2 aromatic carbocycles. The lowest BCUT2D eigenvalue weighted by atomic mass is 10.1. The summed E-state index contributed by atoms with van der Waals surface area (Å²) in [7, 11) is 1.80. The first-order valence-corrected chi connectivity index (χ1v) is 7.70. The molecule has 0 heterocycles. The van der Waals surface area contributed by atoms with E-state index in [4.69, 9.17) is 23.2 Å². The zero-order valence-corrected chi connectivity index (χ0v) is 13.6. The lowest BCUT2D eigenvalue weighted by Gasteiger charge is -2.22. The second kappa shape index (κ2) is 4.89. The van der Waals surface area contributed by atoms with E-state index in [-0.39, 0.29) is 5.91 Å². The van der Waals surface area contributed by atoms with Crippen molar-refractivity contribution in [3.63, 3.8) is 0 Å². The van der Waals surface area contributed by atoms with E-state index in [0.29, 0.717) is 13.0 Å². The van der Waals surface area contributed by atoms with Gasteiger partial charge in [0.1, 0.15) is 4.33 Å². The van der Waals surface area contributed by atoms with E-state index in [0.717, 1.165) is 5.56 Å². The third kappa shape index (κ3) is 2.51. The monoisotopic (exact) mass is 321 g/mol. The van der Waals surface area contributed by atoms with Crippen LogP contribution < -0.4 is 0 Å². The summed E-state index contributed by atoms with van der Waals surface area (Å²) in [6, 6.07) is 14.4. The standard InChI is InChI=1S/C17H17Cl2NO/c1-16(11-17(16,18)19)15(21)20(2)10-12-7-8-13-5-3-4-6-14(13)9-12/h3-9H,10-11H2,1-2H3/t16-/m0/s1. The molecule has 3 rings (SSSR count). The minimum Gasteiger partial charge on any atom is -0.341 e. The smallest absolute Gasteiger partial charge is 0.231 e. The van der Waals surface area contributed by atoms with Crippen LogP contribution in [0.4, 0.5) is 0 Å². The number of hydrogen-bond donors (Lipinski definition) is 0. The van der Waals surface area contributed by atoms with Crippen molar-refractivity contribution in [1.82, 2.24) is 4.90 Å². The van der Waals surface area contributed by atoms with Gasteiger partial charge >= 0.3 is 0 Å². The Morgan fingerprint density at radius 3 is 2.43 bits per heavy atom. The van der Waals surface area contributed by atoms with Crippen molar-refractivity contribution in [2.24, 2.45) is 5.41 Å². The van der Waals surface area contributed by atoms with Crippen LogP contribution in [-0.2, 0) is 11.3 Å². The molecule has 1 aliphatic rings. The van der Waals surface area contributed by atoms with Crippen molar-refractivity contribution in [3.05, 3.63) is 48.0 Å². The molecule has 0 aliphatic heterocycles. The average molecular weight is 322 g/mol. The van der Waals surface area contributed by atoms with Gasteiger partial charge < -0.3 is 4.90 Å². The lowest BCUT2D eigenvalue weighted by molar-refractivity contribution is -0.135. The molecule has 1 saturated carbocycles. The summed E-state index contributed by atoms with van der Waals surface area (Å²) in [5.74, 6) is 0.000610. The van der Waals surface area contributed by atoms with Gasteiger partial charge in [0, 0.05) is 13.6 Å². The van der Waals surface area contributed by atoms with Crippen molar-refractivity contribution in [2.75, 3.05) is 7.05 Å². The molecule has 0 aromatic heterocycles. The third-order valence-electron chi connectivity index (χ3n) is 4.31. The Balaban J connectivity index is 1.77. The second-order valence-corrected chi connectivity index (χ2v) is 7.54. The maximum Gasteiger partial charge on any atom is 0.231 e. The largest absolute Gasteiger partial charge is 0.341 e. The summed E-state index contributed by atoms with van der Waals surface area (Å²) in [4.78, 5) is 14.2. The molecule has 0 N–H and O–H groups in total. The molecule has 1 atom stereocenters. The summed E-state index contributed by atoms with van der Waals surface area (Å²) in [5, 5.41) is 2.38. The summed E-state index contributed by atoms with van der Waals surface area (Å²) >= 11 is 12.2. The van der Waals surface area contributed by atoms with Crippen LogP contribution in [0.2, 0.25) is 0 Å². The molecule has 0 bridgehead atoms. The molecule has 1 aliphatic carbocycles. The third-order valence-corrected chi connectivity index (χ3v) is 5.41. The van der Waals surface area contributed by atoms with Crippen molar-refractivity contribution in [3.8, 4) is 0 Å². The SMILES string of the molecule is CN(Cc1ccc2ccccc2c1)C(=O)[C@]1(C)CC1(Cl)Cl. The van der Waals surface area contributed by atoms with Gasteiger partial charge in [0.05, 0.1) is 5.41 Å². The number of nitrogens with zero attached hydrogens (tertiary/aromatic N) is 1. The molecule has 0 radical (unpaired) electrons. The van der Waals surface area contributed by atoms with Crippen LogP contribution in [0.1, 0.15) is 18.9 Å². The Morgan fingerprint density at radius 2 is 1.81 bits per heavy atom. The van der Waals surface area contributed by atoms with Crippen molar-refractivity contribution < 1.29 is 4.79 Å². The molecule has 21 heavy (non-hydrogen) atoms. The molecule has 0 unspecified atom stereocenters. The van der Waals surface area contributed by atoms with E-state index in [9.17, 15) is 4.79 Å². The Bertz CT molecular complexity index is 713. The first kappa shape index (κ1) is 14.7. The van der Waals surface area contributed by atoms with Crippen LogP contribution in [0.25, 0.3) is 10.8 Å². The number of carbonyl (C=O) groups excluding carboxylic acids is 1. The van der Waals surface area contributed by atoms with Crippen molar-refractivity contribution in [2.45, 2.75) is 24.2 Å². The molecule has 110 valence electrons. The maximum atomic E-state index is 12.5. The summed E-state index contributed by atoms with van der Waals surface area (Å²) < 4.78 is -0.915. The van der Waals surface area contributed by atoms with Crippen LogP contribution >= 0.6 is 23.2 Å². The normalized spacial score (nSPS) is 23.0. The van der Waals surface area contributed by atoms with Gasteiger partial charge in [-0.3, -0.25) is 4.79 Å². The quantitative estimate of drug-likeness (QED) is 0.768. The minimum atomic E-state index is -0.915. The zero-order chi connectivity index (χ0) is 15.3. The van der Waals surface area contributed by atoms with Crippen molar-refractivity contribution in [1.29, 1.82) is 0 Å². The highest BCUT2D eigenvalue weighted by atomic mass is 35.5. The molecule has 2 aromatic rings. The molecule has 0 spiro atoms. The number of amides is 1. The number of carbonyl (C=O) groups is 1. The van der Waals surface area contributed by atoms with E-state index >= 15 is 0 Å². The van der Waals surface area contributed by atoms with E-state index in [2.05, 4.69) is 30.3 Å². The van der Waals surface area contributed by atoms with E-state index in [1.165, 1.54) is 10.8 Å². The topological polar surface area (TPSA) is 20.3 Å². The van der Waals surface area contributed by atoms with Crippen LogP contribution in [0.5, 0.6) is 0 Å². The number of alkyl halides is 2. The van der Waals surface area contributed by atoms with Crippen LogP contribution in [0, 0.1) is 5.41 Å². The minimum absolute atomic E-state index is 0.000610. The predicted octanol–water partition coefficient (Wildman–Crippen LogP) is 4.38. The number of hydrogen-bond acceptors (Lipinski definition) is 1. The molecule has 2 nitrogen and oxygen atoms in total. The second-order valence-electron chi connectivity index (χ2n) is 6.06. The number of halogens is 2. The number of rotatable bonds is 3. The Morgan fingerprint density at radius 1 is 1.19 bits per heavy atom. The van der Waals surface area contributed by atoms with Gasteiger partial charge in [0.15, 0.2) is 0 Å². The Kier molecular flexibility index (Phi) is 3.42. The van der Waals surface area contributed by atoms with Crippen LogP contribution in [0.3, 0.4) is 0 Å². The zero-order valence-electron chi connectivity index (χ0n) is 12.1. The first-order valence-electron chi connectivity index (χ1n) is 6.95. The molecule has 4 heteroatoms. The van der Waals surface area contributed by atoms with Gasteiger partial charge in [-0.05, 0) is 35.7 Å². The van der Waals surface area contributed by atoms with Gasteiger partial charge in [0.2, 0.25) is 5.91 Å². The lowest BCUT2D eigenvalue weighted by Crippen LogP contribution is -2.34. The molecular formula is C17H17Cl2NO. The molecule has 0 saturated heterocycles. The first-order chi connectivity index (χ1) is 9.83. The average Bonchev–Trinajstić information content (AvgIpc) is 2.97. The van der Waals surface area contributed by atoms with Gasteiger partial charge in [-0.1, -0.05) is 36.4 Å². The van der Waals surface area contributed by atoms with E-state index < -0.39 is 9.75 Å². The van der Waals surface area contributed by atoms with E-state index in [1.54, 1.807) is 11.9 Å². The maximum absolute atomic E-state index is 12.5. The molecular weight excluding hydrogens is 305 g/mol. The van der Waals surface area contributed by atoms with Gasteiger partial charge in [-0.2, -0.15) is 0 Å². The van der Waals surface area contributed by atoms with Crippen molar-refractivity contribution >= 4 is 39.9 Å². The summed E-state index contributed by atoms with van der Waals surface area (Å²) in [6.45, 7) is 2.38. The fourth-order valence-electron chi connectivity index (χ4n) is 2.74. The highest BCUT2D eigenvalue weighted by Gasteiger charge is 2.68. The Hall–Kier alpha value is -1.25. The van der Waals surface area contributed by atoms with Gasteiger partial charge in [-0.25, -0.2) is 0 Å². The number of benzene rings is 2. The summed E-state index contributed by atoms with van der Waals surface area (Å²) in [6.07, 6.45) is 0.518. The van der Waals surface area contributed by atoms with Crippen LogP contribution in [-0.4, -0.2) is 22.2 Å². The fourth-order valence-corrected chi connectivity index (χ4v) is 3.43. The Labute approximate surface area is 134 Å². The van der Waals surface area contributed by atoms with Crippen LogP contribution in [0.15, 0.2) is 42.5 Å². The fraction of sp³-hybridized carbons (Fsp3) is 0.353. The van der Waals surface area contributed by atoms with Gasteiger partial charge in [-0.15, -0.1) is 23.2 Å². The van der Waals surface area contributed by atoms with Gasteiger partial charge in [0.25, 0.3) is 0 Å². The summed E-state index contributed by atoms with van der Waals surface area (Å²) in [5.41, 5.74) is 0.449. The molecule has 1 fully saturated rings. The molecule has 1 amide bonds.